The van der Waals surface area contributed by atoms with Crippen molar-refractivity contribution >= 4 is 11.9 Å². The van der Waals surface area contributed by atoms with Gasteiger partial charge in [-0.3, -0.25) is 4.79 Å². The maximum Gasteiger partial charge on any atom is 0.337 e. The summed E-state index contributed by atoms with van der Waals surface area (Å²) >= 11 is 0. The Morgan fingerprint density at radius 1 is 1.19 bits per heavy atom. The fourth-order valence-corrected chi connectivity index (χ4v) is 2.09. The first-order valence-corrected chi connectivity index (χ1v) is 6.77. The molecule has 0 fully saturated rings. The number of ether oxygens (including phenoxy) is 2. The van der Waals surface area contributed by atoms with Crippen molar-refractivity contribution in [3.63, 3.8) is 0 Å². The van der Waals surface area contributed by atoms with E-state index in [1.54, 1.807) is 19.9 Å². The van der Waals surface area contributed by atoms with E-state index in [1.165, 1.54) is 26.4 Å². The molecule has 0 aliphatic rings. The lowest BCUT2D eigenvalue weighted by molar-refractivity contribution is -0.151. The summed E-state index contributed by atoms with van der Waals surface area (Å²) in [6.07, 6.45) is 1.74. The highest BCUT2D eigenvalue weighted by Crippen LogP contribution is 2.25. The third-order valence-electron chi connectivity index (χ3n) is 3.46. The van der Waals surface area contributed by atoms with Gasteiger partial charge in [0.15, 0.2) is 0 Å². The number of rotatable bonds is 6. The number of carbonyl (C=O) groups is 2. The second kappa shape index (κ2) is 7.20. The highest BCUT2D eigenvalue weighted by atomic mass is 19.1. The zero-order chi connectivity index (χ0) is 16.0. The molecule has 0 aliphatic heterocycles. The number of methoxy groups -OCH3 is 2. The zero-order valence-corrected chi connectivity index (χ0v) is 12.9. The Morgan fingerprint density at radius 2 is 1.86 bits per heavy atom. The van der Waals surface area contributed by atoms with Crippen LogP contribution in [0.15, 0.2) is 18.2 Å². The normalized spacial score (nSPS) is 11.1. The summed E-state index contributed by atoms with van der Waals surface area (Å²) in [7, 11) is 2.61. The molecule has 0 aromatic heterocycles. The topological polar surface area (TPSA) is 52.6 Å². The van der Waals surface area contributed by atoms with Crippen molar-refractivity contribution in [2.75, 3.05) is 14.2 Å². The fourth-order valence-electron chi connectivity index (χ4n) is 2.09. The standard InChI is InChI=1S/C16H21FO4/c1-16(2,15(19)21-4)9-5-6-11-7-8-12(10-13(11)17)14(18)20-3/h7-8,10H,5-6,9H2,1-4H3. The molecular weight excluding hydrogens is 275 g/mol. The molecule has 1 rings (SSSR count). The molecule has 116 valence electrons. The van der Waals surface area contributed by atoms with Gasteiger partial charge in [0, 0.05) is 0 Å². The van der Waals surface area contributed by atoms with Gasteiger partial charge in [-0.2, -0.15) is 0 Å². The summed E-state index contributed by atoms with van der Waals surface area (Å²) in [5.74, 6) is -1.27. The predicted molar refractivity (Wildman–Crippen MR) is 76.5 cm³/mol. The lowest BCUT2D eigenvalue weighted by atomic mass is 9.86. The molecule has 0 N–H and O–H groups in total. The number of aryl methyl sites for hydroxylation is 1. The van der Waals surface area contributed by atoms with Crippen molar-refractivity contribution in [1.29, 1.82) is 0 Å². The third kappa shape index (κ3) is 4.55. The van der Waals surface area contributed by atoms with Crippen LogP contribution in [-0.4, -0.2) is 26.2 Å². The highest BCUT2D eigenvalue weighted by Gasteiger charge is 2.27. The molecule has 0 saturated heterocycles. The van der Waals surface area contributed by atoms with Crippen LogP contribution in [0.25, 0.3) is 0 Å². The molecule has 0 atom stereocenters. The van der Waals surface area contributed by atoms with Crippen LogP contribution in [0.3, 0.4) is 0 Å². The van der Waals surface area contributed by atoms with Gasteiger partial charge in [0.1, 0.15) is 5.82 Å². The zero-order valence-electron chi connectivity index (χ0n) is 12.9. The Balaban J connectivity index is 2.65. The smallest absolute Gasteiger partial charge is 0.337 e. The van der Waals surface area contributed by atoms with Gasteiger partial charge < -0.3 is 9.47 Å². The summed E-state index contributed by atoms with van der Waals surface area (Å²) in [5.41, 5.74) is 0.119. The van der Waals surface area contributed by atoms with Crippen LogP contribution >= 0.6 is 0 Å². The first kappa shape index (κ1) is 17.1. The monoisotopic (exact) mass is 296 g/mol. The van der Waals surface area contributed by atoms with E-state index in [-0.39, 0.29) is 11.5 Å². The maximum atomic E-state index is 13.9. The van der Waals surface area contributed by atoms with Crippen molar-refractivity contribution in [1.82, 2.24) is 0 Å². The maximum absolute atomic E-state index is 13.9. The molecule has 0 amide bonds. The molecule has 21 heavy (non-hydrogen) atoms. The number of carbonyl (C=O) groups excluding carboxylic acids is 2. The molecule has 0 spiro atoms. The van der Waals surface area contributed by atoms with Gasteiger partial charge in [0.05, 0.1) is 25.2 Å². The molecule has 0 bridgehead atoms. The van der Waals surface area contributed by atoms with E-state index < -0.39 is 17.2 Å². The Bertz CT molecular complexity index is 523. The van der Waals surface area contributed by atoms with E-state index in [1.807, 2.05) is 0 Å². The van der Waals surface area contributed by atoms with E-state index in [4.69, 9.17) is 4.74 Å². The summed E-state index contributed by atoms with van der Waals surface area (Å²) in [6.45, 7) is 3.60. The quantitative estimate of drug-likeness (QED) is 0.757. The van der Waals surface area contributed by atoms with E-state index >= 15 is 0 Å². The van der Waals surface area contributed by atoms with Crippen molar-refractivity contribution in [3.8, 4) is 0 Å². The summed E-state index contributed by atoms with van der Waals surface area (Å²) in [4.78, 5) is 22.8. The molecule has 4 nitrogen and oxygen atoms in total. The lowest BCUT2D eigenvalue weighted by Gasteiger charge is -2.21. The molecule has 5 heteroatoms. The number of hydrogen-bond donors (Lipinski definition) is 0. The van der Waals surface area contributed by atoms with Crippen molar-refractivity contribution in [2.24, 2.45) is 5.41 Å². The van der Waals surface area contributed by atoms with Gasteiger partial charge in [0.25, 0.3) is 0 Å². The lowest BCUT2D eigenvalue weighted by Crippen LogP contribution is -2.25. The molecule has 0 radical (unpaired) electrons. The van der Waals surface area contributed by atoms with Gasteiger partial charge in [-0.1, -0.05) is 6.07 Å². The predicted octanol–water partition coefficient (Wildman–Crippen LogP) is 3.13. The average Bonchev–Trinajstić information content (AvgIpc) is 2.46. The number of hydrogen-bond acceptors (Lipinski definition) is 4. The highest BCUT2D eigenvalue weighted by molar-refractivity contribution is 5.89. The van der Waals surface area contributed by atoms with E-state index in [0.717, 1.165) is 0 Å². The average molecular weight is 296 g/mol. The molecular formula is C16H21FO4. The summed E-state index contributed by atoms with van der Waals surface area (Å²) in [5, 5.41) is 0. The van der Waals surface area contributed by atoms with Gasteiger partial charge >= 0.3 is 11.9 Å². The van der Waals surface area contributed by atoms with Gasteiger partial charge in [0.2, 0.25) is 0 Å². The van der Waals surface area contributed by atoms with Crippen molar-refractivity contribution in [3.05, 3.63) is 35.1 Å². The van der Waals surface area contributed by atoms with Crippen molar-refractivity contribution in [2.45, 2.75) is 33.1 Å². The summed E-state index contributed by atoms with van der Waals surface area (Å²) < 4.78 is 23.2. The van der Waals surface area contributed by atoms with Gasteiger partial charge in [-0.15, -0.1) is 0 Å². The number of halogens is 1. The first-order valence-electron chi connectivity index (χ1n) is 6.77. The van der Waals surface area contributed by atoms with E-state index in [0.29, 0.717) is 24.8 Å². The minimum absolute atomic E-state index is 0.189. The molecule has 0 aliphatic carbocycles. The van der Waals surface area contributed by atoms with E-state index in [2.05, 4.69) is 4.74 Å². The SMILES string of the molecule is COC(=O)c1ccc(CCCC(C)(C)C(=O)OC)c(F)c1. The van der Waals surface area contributed by atoms with Gasteiger partial charge in [-0.25, -0.2) is 9.18 Å². The molecule has 0 unspecified atom stereocenters. The van der Waals surface area contributed by atoms with Gasteiger partial charge in [-0.05, 0) is 50.8 Å². The fraction of sp³-hybridized carbons (Fsp3) is 0.500. The van der Waals surface area contributed by atoms with Crippen molar-refractivity contribution < 1.29 is 23.5 Å². The minimum atomic E-state index is -0.586. The number of esters is 2. The Labute approximate surface area is 124 Å². The second-order valence-corrected chi connectivity index (χ2v) is 5.53. The largest absolute Gasteiger partial charge is 0.469 e. The Kier molecular flexibility index (Phi) is 5.88. The van der Waals surface area contributed by atoms with Crippen LogP contribution in [0.4, 0.5) is 4.39 Å². The van der Waals surface area contributed by atoms with Crippen LogP contribution in [0.2, 0.25) is 0 Å². The third-order valence-corrected chi connectivity index (χ3v) is 3.46. The van der Waals surface area contributed by atoms with Crippen LogP contribution in [0.5, 0.6) is 0 Å². The Morgan fingerprint density at radius 3 is 2.38 bits per heavy atom. The van der Waals surface area contributed by atoms with Crippen LogP contribution in [0, 0.1) is 11.2 Å². The van der Waals surface area contributed by atoms with Crippen LogP contribution < -0.4 is 0 Å². The molecule has 1 aromatic carbocycles. The van der Waals surface area contributed by atoms with Crippen LogP contribution in [-0.2, 0) is 20.7 Å². The summed E-state index contributed by atoms with van der Waals surface area (Å²) in [6, 6.07) is 4.29. The minimum Gasteiger partial charge on any atom is -0.469 e. The van der Waals surface area contributed by atoms with Crippen LogP contribution in [0.1, 0.15) is 42.6 Å². The molecule has 0 saturated carbocycles. The first-order chi connectivity index (χ1) is 9.81. The second-order valence-electron chi connectivity index (χ2n) is 5.53. The molecule has 0 heterocycles. The number of benzene rings is 1. The molecule has 1 aromatic rings. The Hall–Kier alpha value is -1.91. The van der Waals surface area contributed by atoms with E-state index in [9.17, 15) is 14.0 Å².